The summed E-state index contributed by atoms with van der Waals surface area (Å²) in [7, 11) is -3.99. The van der Waals surface area contributed by atoms with Crippen molar-refractivity contribution in [2.75, 3.05) is 25.0 Å². The van der Waals surface area contributed by atoms with E-state index in [2.05, 4.69) is 40.3 Å². The van der Waals surface area contributed by atoms with Crippen LogP contribution in [0.15, 0.2) is 82.4 Å². The van der Waals surface area contributed by atoms with Gasteiger partial charge in [0.25, 0.3) is 5.91 Å². The van der Waals surface area contributed by atoms with Crippen molar-refractivity contribution < 1.29 is 27.4 Å². The predicted octanol–water partition coefficient (Wildman–Crippen LogP) is 6.44. The van der Waals surface area contributed by atoms with Crippen LogP contribution in [0.1, 0.15) is 68.1 Å². The lowest BCUT2D eigenvalue weighted by atomic mass is 10.0. The van der Waals surface area contributed by atoms with Gasteiger partial charge in [0.15, 0.2) is 29.0 Å². The highest BCUT2D eigenvalue weighted by molar-refractivity contribution is 7.89. The lowest BCUT2D eigenvalue weighted by Crippen LogP contribution is -2.42. The number of anilines is 1. The summed E-state index contributed by atoms with van der Waals surface area (Å²) in [5.74, 6) is -1.05. The molecule has 0 radical (unpaired) electrons. The number of amides is 1. The average Bonchev–Trinajstić information content (AvgIpc) is 3.83. The Kier molecular flexibility index (Phi) is 12.1. The van der Waals surface area contributed by atoms with Crippen LogP contribution >= 0.6 is 0 Å². The molecule has 1 unspecified atom stereocenters. The van der Waals surface area contributed by atoms with Crippen molar-refractivity contribution >= 4 is 32.9 Å². The third-order valence-electron chi connectivity index (χ3n) is 9.42. The van der Waals surface area contributed by atoms with Gasteiger partial charge in [0, 0.05) is 41.1 Å². The van der Waals surface area contributed by atoms with Gasteiger partial charge in [0.2, 0.25) is 10.0 Å². The number of carbonyl (C=O) groups excluding carboxylic acids is 1. The lowest BCUT2D eigenvalue weighted by molar-refractivity contribution is -0.197. The van der Waals surface area contributed by atoms with E-state index < -0.39 is 46.4 Å². The molecule has 18 nitrogen and oxygen atoms in total. The Bertz CT molecular complexity index is 2140. The molecule has 1 amide bonds. The molecule has 5 atom stereocenters. The minimum Gasteiger partial charge on any atom is -0.349 e. The molecule has 2 aromatic carbocycles. The van der Waals surface area contributed by atoms with E-state index in [9.17, 15) is 13.2 Å². The van der Waals surface area contributed by atoms with Crippen LogP contribution in [0.25, 0.3) is 32.0 Å². The summed E-state index contributed by atoms with van der Waals surface area (Å²) >= 11 is 0. The number of aryl methyl sites for hydroxylation is 1. The van der Waals surface area contributed by atoms with Crippen molar-refractivity contribution in [2.24, 2.45) is 10.2 Å². The van der Waals surface area contributed by atoms with Crippen molar-refractivity contribution in [1.29, 1.82) is 0 Å². The number of azide groups is 2. The Labute approximate surface area is 312 Å². The maximum Gasteiger partial charge on any atom is 0.256 e. The van der Waals surface area contributed by atoms with Crippen molar-refractivity contribution in [1.82, 2.24) is 23.8 Å². The van der Waals surface area contributed by atoms with Gasteiger partial charge in [-0.05, 0) is 88.2 Å². The van der Waals surface area contributed by atoms with Crippen molar-refractivity contribution in [3.63, 3.8) is 0 Å². The molecule has 2 fully saturated rings. The number of hydrogen-bond donors (Lipinski definition) is 1. The van der Waals surface area contributed by atoms with E-state index in [1.54, 1.807) is 59.4 Å². The highest BCUT2D eigenvalue weighted by Crippen LogP contribution is 2.45. The molecule has 2 saturated heterocycles. The number of unbranched alkanes of at least 4 members (excludes halogenated alkanes) is 1. The van der Waals surface area contributed by atoms with Crippen molar-refractivity contribution in [3.8, 4) is 0 Å². The van der Waals surface area contributed by atoms with E-state index >= 15 is 0 Å². The number of aromatic nitrogens is 4. The predicted molar refractivity (Wildman–Crippen MR) is 197 cm³/mol. The van der Waals surface area contributed by atoms with Crippen LogP contribution in [0.4, 0.5) is 5.82 Å². The summed E-state index contributed by atoms with van der Waals surface area (Å²) in [6, 6.07) is 14.8. The maximum atomic E-state index is 14.2. The summed E-state index contributed by atoms with van der Waals surface area (Å²) in [6.45, 7) is 6.00. The van der Waals surface area contributed by atoms with E-state index in [1.807, 2.05) is 26.8 Å². The van der Waals surface area contributed by atoms with Gasteiger partial charge in [-0.3, -0.25) is 9.36 Å². The van der Waals surface area contributed by atoms with Gasteiger partial charge in [-0.15, -0.1) is 0 Å². The number of hydrogen-bond acceptors (Lipinski definition) is 11. The summed E-state index contributed by atoms with van der Waals surface area (Å²) in [5.41, 5.74) is 19.9. The van der Waals surface area contributed by atoms with Gasteiger partial charge < -0.3 is 19.5 Å². The summed E-state index contributed by atoms with van der Waals surface area (Å²) in [6.07, 6.45) is 2.46. The fraction of sp³-hybridized carbons (Fsp3) is 0.486. The molecule has 2 aliphatic heterocycles. The molecule has 2 aliphatic rings. The first kappa shape index (κ1) is 38.6. The Hall–Kier alpha value is -5.13. The number of ether oxygens (including phenoxy) is 3. The molecule has 2 aromatic heterocycles. The minimum atomic E-state index is -3.99. The first-order chi connectivity index (χ1) is 26.0. The van der Waals surface area contributed by atoms with Crippen LogP contribution < -0.4 is 5.32 Å². The minimum absolute atomic E-state index is 0.0799. The Balaban J connectivity index is 1.26. The van der Waals surface area contributed by atoms with Crippen LogP contribution in [0.2, 0.25) is 0 Å². The largest absolute Gasteiger partial charge is 0.349 e. The molecule has 284 valence electrons. The molecule has 6 rings (SSSR count). The zero-order chi connectivity index (χ0) is 38.3. The number of sulfonamides is 1. The van der Waals surface area contributed by atoms with Crippen molar-refractivity contribution in [2.45, 2.75) is 94.1 Å². The fourth-order valence-corrected chi connectivity index (χ4v) is 8.62. The SMILES string of the molecule is Cc1ccc(S(=O)(=O)N(CCCCN=[N+]=[N-])C(CCN=[N+]=[N-])CC[C@H]2O[C@@H](n3cnc4c(NC(=O)c5ccccc5)ncnc43)[C@@H]3OC(C)(C)O[C@@H]32)cc1. The monoisotopic (exact) mass is 758 g/mol. The van der Waals surface area contributed by atoms with E-state index in [-0.39, 0.29) is 42.7 Å². The third-order valence-corrected chi connectivity index (χ3v) is 11.4. The molecule has 0 saturated carbocycles. The first-order valence-electron chi connectivity index (χ1n) is 17.7. The topological polar surface area (TPSA) is 235 Å². The molecule has 4 heterocycles. The van der Waals surface area contributed by atoms with Crippen LogP contribution in [0, 0.1) is 6.92 Å². The van der Waals surface area contributed by atoms with Gasteiger partial charge in [0.1, 0.15) is 18.5 Å². The summed E-state index contributed by atoms with van der Waals surface area (Å²) in [5, 5.41) is 10.1. The number of imidazole rings is 1. The average molecular weight is 759 g/mol. The zero-order valence-corrected chi connectivity index (χ0v) is 31.0. The molecule has 0 bridgehead atoms. The van der Waals surface area contributed by atoms with E-state index in [0.717, 1.165) is 5.56 Å². The Morgan fingerprint density at radius 2 is 1.70 bits per heavy atom. The van der Waals surface area contributed by atoms with Crippen LogP contribution in [0.3, 0.4) is 0 Å². The lowest BCUT2D eigenvalue weighted by Gasteiger charge is -2.32. The molecule has 0 aliphatic carbocycles. The smallest absolute Gasteiger partial charge is 0.256 e. The number of rotatable bonds is 17. The van der Waals surface area contributed by atoms with Gasteiger partial charge in [-0.25, -0.2) is 23.4 Å². The van der Waals surface area contributed by atoms with E-state index in [1.165, 1.54) is 10.6 Å². The molecule has 19 heteroatoms. The zero-order valence-electron chi connectivity index (χ0n) is 30.2. The van der Waals surface area contributed by atoms with Crippen LogP contribution in [0.5, 0.6) is 0 Å². The number of nitrogens with zero attached hydrogens (tertiary/aromatic N) is 11. The summed E-state index contributed by atoms with van der Waals surface area (Å²) in [4.78, 5) is 32.1. The fourth-order valence-electron chi connectivity index (χ4n) is 6.89. The Morgan fingerprint density at radius 3 is 2.44 bits per heavy atom. The second-order valence-corrected chi connectivity index (χ2v) is 15.5. The van der Waals surface area contributed by atoms with E-state index in [4.69, 9.17) is 25.3 Å². The van der Waals surface area contributed by atoms with Gasteiger partial charge >= 0.3 is 0 Å². The number of benzene rings is 2. The van der Waals surface area contributed by atoms with Crippen molar-refractivity contribution in [3.05, 3.63) is 99.3 Å². The van der Waals surface area contributed by atoms with Gasteiger partial charge in [0.05, 0.1) is 17.3 Å². The molecular formula is C35H42N12O6S. The van der Waals surface area contributed by atoms with Gasteiger partial charge in [-0.1, -0.05) is 46.1 Å². The molecule has 4 aromatic rings. The standard InChI is InChI=1S/C35H42N12O6S/c1-23-11-14-26(15-12-23)54(49,50)47(20-8-7-18-41-44-36)25(17-19-42-45-37)13-16-27-29-30(53-35(2,3)52-29)34(51-27)46-22-40-28-31(38-21-39-32(28)46)43-33(48)24-9-5-4-6-10-24/h4-6,9-12,14-15,21-22,25,27,29-30,34H,7-8,13,16-20H2,1-3H3,(H,38,39,43,48)/t25?,27-,29-,30-,34-/m1/s1. The van der Waals surface area contributed by atoms with Crippen LogP contribution in [-0.4, -0.2) is 87.9 Å². The summed E-state index contributed by atoms with van der Waals surface area (Å²) < 4.78 is 51.1. The second-order valence-electron chi connectivity index (χ2n) is 13.6. The molecular weight excluding hydrogens is 717 g/mol. The number of carbonyl (C=O) groups is 1. The van der Waals surface area contributed by atoms with E-state index in [0.29, 0.717) is 42.4 Å². The highest BCUT2D eigenvalue weighted by atomic mass is 32.2. The maximum absolute atomic E-state index is 14.2. The van der Waals surface area contributed by atoms with Crippen LogP contribution in [-0.2, 0) is 24.2 Å². The molecule has 54 heavy (non-hydrogen) atoms. The number of nitrogens with one attached hydrogen (secondary N) is 1. The molecule has 1 N–H and O–H groups in total. The first-order valence-corrected chi connectivity index (χ1v) is 19.1. The van der Waals surface area contributed by atoms with Gasteiger partial charge in [-0.2, -0.15) is 4.31 Å². The number of fused-ring (bicyclic) bond motifs is 2. The highest BCUT2D eigenvalue weighted by Gasteiger charge is 2.56. The molecule has 0 spiro atoms. The third kappa shape index (κ3) is 8.63. The quantitative estimate of drug-likeness (QED) is 0.0539. The normalized spacial score (nSPS) is 21.0. The Morgan fingerprint density at radius 1 is 0.981 bits per heavy atom. The second kappa shape index (κ2) is 16.9.